The maximum absolute atomic E-state index is 11.9. The fourth-order valence-electron chi connectivity index (χ4n) is 1.51. The summed E-state index contributed by atoms with van der Waals surface area (Å²) < 4.78 is 0. The number of nitrogens with one attached hydrogen (secondary N) is 1. The second-order valence-electron chi connectivity index (χ2n) is 4.47. The van der Waals surface area contributed by atoms with Gasteiger partial charge in [-0.25, -0.2) is 0 Å². The van der Waals surface area contributed by atoms with Crippen LogP contribution in [0.2, 0.25) is 0 Å². The van der Waals surface area contributed by atoms with Crippen LogP contribution in [0.25, 0.3) is 0 Å². The van der Waals surface area contributed by atoms with Gasteiger partial charge in [-0.15, -0.1) is 0 Å². The van der Waals surface area contributed by atoms with E-state index < -0.39 is 12.0 Å². The van der Waals surface area contributed by atoms with Gasteiger partial charge in [0.25, 0.3) is 5.91 Å². The molecule has 98 valence electrons. The van der Waals surface area contributed by atoms with Crippen LogP contribution in [0.5, 0.6) is 5.75 Å². The second kappa shape index (κ2) is 6.05. The van der Waals surface area contributed by atoms with Gasteiger partial charge in [-0.3, -0.25) is 9.59 Å². The zero-order valence-electron chi connectivity index (χ0n) is 10.4. The van der Waals surface area contributed by atoms with Crippen LogP contribution < -0.4 is 5.32 Å². The molecule has 0 radical (unpaired) electrons. The average molecular weight is 251 g/mol. The van der Waals surface area contributed by atoms with Gasteiger partial charge in [-0.1, -0.05) is 13.8 Å². The van der Waals surface area contributed by atoms with Gasteiger partial charge >= 0.3 is 5.97 Å². The standard InChI is InChI=1S/C13H17NO4/c1-8(2)11(7-12(16)17)14-13(18)9-3-5-10(15)6-4-9/h3-6,8,11,15H,7H2,1-2H3,(H,14,18)(H,16,17). The largest absolute Gasteiger partial charge is 0.508 e. The van der Waals surface area contributed by atoms with Crippen molar-refractivity contribution in [1.29, 1.82) is 0 Å². The number of carboxylic acids is 1. The number of aromatic hydroxyl groups is 1. The number of hydrogen-bond donors (Lipinski definition) is 3. The summed E-state index contributed by atoms with van der Waals surface area (Å²) in [5.74, 6) is -1.17. The SMILES string of the molecule is CC(C)C(CC(=O)O)NC(=O)c1ccc(O)cc1. The molecule has 18 heavy (non-hydrogen) atoms. The molecule has 0 aliphatic rings. The molecule has 5 nitrogen and oxygen atoms in total. The summed E-state index contributed by atoms with van der Waals surface area (Å²) in [4.78, 5) is 22.6. The third-order valence-electron chi connectivity index (χ3n) is 2.65. The molecule has 1 rings (SSSR count). The van der Waals surface area contributed by atoms with Crippen molar-refractivity contribution in [3.8, 4) is 5.75 Å². The second-order valence-corrected chi connectivity index (χ2v) is 4.47. The summed E-state index contributed by atoms with van der Waals surface area (Å²) in [6.45, 7) is 3.70. The third-order valence-corrected chi connectivity index (χ3v) is 2.65. The lowest BCUT2D eigenvalue weighted by molar-refractivity contribution is -0.137. The van der Waals surface area contributed by atoms with E-state index in [-0.39, 0.29) is 24.0 Å². The summed E-state index contributed by atoms with van der Waals surface area (Å²) >= 11 is 0. The van der Waals surface area contributed by atoms with Gasteiger partial charge in [0.15, 0.2) is 0 Å². The molecule has 5 heteroatoms. The van der Waals surface area contributed by atoms with E-state index in [1.165, 1.54) is 24.3 Å². The van der Waals surface area contributed by atoms with Crippen LogP contribution in [0.15, 0.2) is 24.3 Å². The van der Waals surface area contributed by atoms with E-state index in [0.29, 0.717) is 5.56 Å². The van der Waals surface area contributed by atoms with Gasteiger partial charge in [0, 0.05) is 11.6 Å². The number of carboxylic acid groups (broad SMARTS) is 1. The predicted octanol–water partition coefficient (Wildman–Crippen LogP) is 1.62. The van der Waals surface area contributed by atoms with Gasteiger partial charge in [-0.05, 0) is 30.2 Å². The lowest BCUT2D eigenvalue weighted by atomic mass is 10.0. The number of amides is 1. The van der Waals surface area contributed by atoms with Crippen LogP contribution in [0.3, 0.4) is 0 Å². The summed E-state index contributed by atoms with van der Waals surface area (Å²) in [6, 6.07) is 5.39. The van der Waals surface area contributed by atoms with E-state index in [1.807, 2.05) is 13.8 Å². The zero-order chi connectivity index (χ0) is 13.7. The minimum absolute atomic E-state index is 0.0298. The highest BCUT2D eigenvalue weighted by atomic mass is 16.4. The maximum Gasteiger partial charge on any atom is 0.305 e. The normalized spacial score (nSPS) is 12.2. The lowest BCUT2D eigenvalue weighted by Gasteiger charge is -2.20. The van der Waals surface area contributed by atoms with Crippen molar-refractivity contribution < 1.29 is 19.8 Å². The molecule has 1 aromatic rings. The molecule has 0 saturated heterocycles. The minimum Gasteiger partial charge on any atom is -0.508 e. The summed E-state index contributed by atoms with van der Waals surface area (Å²) in [5, 5.41) is 20.6. The van der Waals surface area contributed by atoms with E-state index in [4.69, 9.17) is 10.2 Å². The predicted molar refractivity (Wildman–Crippen MR) is 66.5 cm³/mol. The van der Waals surface area contributed by atoms with Crippen molar-refractivity contribution in [2.75, 3.05) is 0 Å². The summed E-state index contributed by atoms with van der Waals surface area (Å²) in [5.41, 5.74) is 0.392. The topological polar surface area (TPSA) is 86.6 Å². The lowest BCUT2D eigenvalue weighted by Crippen LogP contribution is -2.40. The number of carbonyl (C=O) groups is 2. The Morgan fingerprint density at radius 1 is 1.22 bits per heavy atom. The Kier molecular flexibility index (Phi) is 4.71. The van der Waals surface area contributed by atoms with Crippen molar-refractivity contribution in [3.05, 3.63) is 29.8 Å². The molecule has 0 spiro atoms. The molecule has 0 fully saturated rings. The molecule has 0 saturated carbocycles. The molecule has 1 aromatic carbocycles. The van der Waals surface area contributed by atoms with E-state index in [0.717, 1.165) is 0 Å². The van der Waals surface area contributed by atoms with E-state index in [1.54, 1.807) is 0 Å². The highest BCUT2D eigenvalue weighted by molar-refractivity contribution is 5.94. The van der Waals surface area contributed by atoms with Crippen molar-refractivity contribution in [3.63, 3.8) is 0 Å². The van der Waals surface area contributed by atoms with E-state index in [9.17, 15) is 9.59 Å². The van der Waals surface area contributed by atoms with Gasteiger partial charge < -0.3 is 15.5 Å². The highest BCUT2D eigenvalue weighted by Crippen LogP contribution is 2.11. The fraction of sp³-hybridized carbons (Fsp3) is 0.385. The van der Waals surface area contributed by atoms with Crippen molar-refractivity contribution in [2.24, 2.45) is 5.92 Å². The Bertz CT molecular complexity index is 425. The monoisotopic (exact) mass is 251 g/mol. The minimum atomic E-state index is -0.945. The molecule has 0 aromatic heterocycles. The van der Waals surface area contributed by atoms with Crippen LogP contribution in [0, 0.1) is 5.92 Å². The fourth-order valence-corrected chi connectivity index (χ4v) is 1.51. The average Bonchev–Trinajstić information content (AvgIpc) is 2.28. The number of hydrogen-bond acceptors (Lipinski definition) is 3. The molecule has 0 bridgehead atoms. The molecule has 0 heterocycles. The smallest absolute Gasteiger partial charge is 0.305 e. The molecule has 1 amide bonds. The Balaban J connectivity index is 2.72. The first-order valence-corrected chi connectivity index (χ1v) is 5.72. The highest BCUT2D eigenvalue weighted by Gasteiger charge is 2.19. The van der Waals surface area contributed by atoms with Gasteiger partial charge in [0.1, 0.15) is 5.75 Å². The number of phenolic OH excluding ortho intramolecular Hbond substituents is 1. The van der Waals surface area contributed by atoms with Crippen LogP contribution >= 0.6 is 0 Å². The zero-order valence-corrected chi connectivity index (χ0v) is 10.4. The van der Waals surface area contributed by atoms with E-state index in [2.05, 4.69) is 5.32 Å². The van der Waals surface area contributed by atoms with Crippen LogP contribution in [0.4, 0.5) is 0 Å². The number of rotatable bonds is 5. The summed E-state index contributed by atoms with van der Waals surface area (Å²) in [6.07, 6.45) is -0.110. The molecule has 0 aliphatic carbocycles. The van der Waals surface area contributed by atoms with Crippen molar-refractivity contribution in [2.45, 2.75) is 26.3 Å². The van der Waals surface area contributed by atoms with Crippen LogP contribution in [-0.4, -0.2) is 28.1 Å². The van der Waals surface area contributed by atoms with Gasteiger partial charge in [0.2, 0.25) is 0 Å². The molecule has 0 aliphatic heterocycles. The molecule has 1 atom stereocenters. The number of phenols is 1. The first-order valence-electron chi connectivity index (χ1n) is 5.72. The number of carbonyl (C=O) groups excluding carboxylic acids is 1. The number of benzene rings is 1. The molecular formula is C13H17NO4. The first-order chi connectivity index (χ1) is 8.40. The molecule has 3 N–H and O–H groups in total. The van der Waals surface area contributed by atoms with Crippen molar-refractivity contribution >= 4 is 11.9 Å². The number of aliphatic carboxylic acids is 1. The first kappa shape index (κ1) is 14.0. The Morgan fingerprint density at radius 3 is 2.22 bits per heavy atom. The van der Waals surface area contributed by atoms with Gasteiger partial charge in [0.05, 0.1) is 6.42 Å². The quantitative estimate of drug-likeness (QED) is 0.742. The Labute approximate surface area is 105 Å². The van der Waals surface area contributed by atoms with E-state index >= 15 is 0 Å². The third kappa shape index (κ3) is 4.08. The molecule has 1 unspecified atom stereocenters. The van der Waals surface area contributed by atoms with Gasteiger partial charge in [-0.2, -0.15) is 0 Å². The van der Waals surface area contributed by atoms with Crippen LogP contribution in [-0.2, 0) is 4.79 Å². The Morgan fingerprint density at radius 2 is 1.78 bits per heavy atom. The van der Waals surface area contributed by atoms with Crippen molar-refractivity contribution in [1.82, 2.24) is 5.32 Å². The molecular weight excluding hydrogens is 234 g/mol. The van der Waals surface area contributed by atoms with Crippen LogP contribution in [0.1, 0.15) is 30.6 Å². The maximum atomic E-state index is 11.9. The summed E-state index contributed by atoms with van der Waals surface area (Å²) in [7, 11) is 0. The Hall–Kier alpha value is -2.04.